The lowest BCUT2D eigenvalue weighted by Gasteiger charge is -2.19. The number of benzene rings is 2. The van der Waals surface area contributed by atoms with Crippen LogP contribution in [0.25, 0.3) is 10.9 Å². The number of pyridine rings is 1. The standard InChI is InChI=1S/C19H16ClN3O/c1-24-18(13-5-4-6-15(20)9-13)12-23-19-14(10-21)11-22-17-8-3-2-7-16(17)19/h2-9,11,18H,12H2,1H3,(H,22,23). The smallest absolute Gasteiger partial charge is 0.103 e. The molecular formula is C19H16ClN3O. The predicted octanol–water partition coefficient (Wildman–Crippen LogP) is 4.56. The Morgan fingerprint density at radius 1 is 1.25 bits per heavy atom. The molecule has 0 saturated heterocycles. The average molecular weight is 338 g/mol. The van der Waals surface area contributed by atoms with E-state index in [2.05, 4.69) is 16.4 Å². The number of para-hydroxylation sites is 1. The Kier molecular flexibility index (Phi) is 4.95. The van der Waals surface area contributed by atoms with Gasteiger partial charge in [0.25, 0.3) is 0 Å². The Morgan fingerprint density at radius 2 is 2.08 bits per heavy atom. The summed E-state index contributed by atoms with van der Waals surface area (Å²) in [6, 6.07) is 17.5. The van der Waals surface area contributed by atoms with E-state index in [0.717, 1.165) is 22.2 Å². The predicted molar refractivity (Wildman–Crippen MR) is 96.1 cm³/mol. The lowest BCUT2D eigenvalue weighted by atomic mass is 10.1. The topological polar surface area (TPSA) is 57.9 Å². The van der Waals surface area contributed by atoms with E-state index in [0.29, 0.717) is 17.1 Å². The SMILES string of the molecule is COC(CNc1c(C#N)cnc2ccccc12)c1cccc(Cl)c1. The number of methoxy groups -OCH3 is 1. The van der Waals surface area contributed by atoms with E-state index in [4.69, 9.17) is 16.3 Å². The van der Waals surface area contributed by atoms with Crippen LogP contribution in [-0.2, 0) is 4.74 Å². The fourth-order valence-corrected chi connectivity index (χ4v) is 2.85. The summed E-state index contributed by atoms with van der Waals surface area (Å²) < 4.78 is 5.58. The Labute approximate surface area is 145 Å². The van der Waals surface area contributed by atoms with Crippen LogP contribution < -0.4 is 5.32 Å². The molecule has 0 aliphatic carbocycles. The highest BCUT2D eigenvalue weighted by Crippen LogP contribution is 2.27. The van der Waals surface area contributed by atoms with Crippen molar-refractivity contribution >= 4 is 28.2 Å². The van der Waals surface area contributed by atoms with Crippen LogP contribution in [0.1, 0.15) is 17.2 Å². The lowest BCUT2D eigenvalue weighted by Crippen LogP contribution is -2.15. The van der Waals surface area contributed by atoms with Gasteiger partial charge in [-0.15, -0.1) is 0 Å². The van der Waals surface area contributed by atoms with Gasteiger partial charge in [0.2, 0.25) is 0 Å². The summed E-state index contributed by atoms with van der Waals surface area (Å²) in [5, 5.41) is 14.3. The highest BCUT2D eigenvalue weighted by molar-refractivity contribution is 6.30. The first-order chi connectivity index (χ1) is 11.7. The van der Waals surface area contributed by atoms with Crippen molar-refractivity contribution in [2.45, 2.75) is 6.10 Å². The third-order valence-electron chi connectivity index (χ3n) is 3.87. The van der Waals surface area contributed by atoms with Crippen LogP contribution in [0.5, 0.6) is 0 Å². The van der Waals surface area contributed by atoms with E-state index in [1.165, 1.54) is 0 Å². The maximum Gasteiger partial charge on any atom is 0.103 e. The normalized spacial score (nSPS) is 11.9. The van der Waals surface area contributed by atoms with Crippen LogP contribution in [-0.4, -0.2) is 18.6 Å². The zero-order valence-electron chi connectivity index (χ0n) is 13.2. The minimum absolute atomic E-state index is 0.179. The molecule has 120 valence electrons. The molecule has 4 nitrogen and oxygen atoms in total. The van der Waals surface area contributed by atoms with Gasteiger partial charge in [-0.2, -0.15) is 5.26 Å². The number of anilines is 1. The monoisotopic (exact) mass is 337 g/mol. The quantitative estimate of drug-likeness (QED) is 0.741. The molecule has 3 rings (SSSR count). The number of nitriles is 1. The number of ether oxygens (including phenoxy) is 1. The van der Waals surface area contributed by atoms with Crippen molar-refractivity contribution in [2.75, 3.05) is 19.0 Å². The Morgan fingerprint density at radius 3 is 2.83 bits per heavy atom. The minimum Gasteiger partial charge on any atom is -0.380 e. The number of hydrogen-bond acceptors (Lipinski definition) is 4. The Hall–Kier alpha value is -2.61. The molecule has 0 radical (unpaired) electrons. The van der Waals surface area contributed by atoms with Gasteiger partial charge in [0.15, 0.2) is 0 Å². The van der Waals surface area contributed by atoms with Gasteiger partial charge in [0, 0.05) is 30.3 Å². The largest absolute Gasteiger partial charge is 0.380 e. The molecule has 0 amide bonds. The molecule has 3 aromatic rings. The number of hydrogen-bond donors (Lipinski definition) is 1. The fourth-order valence-electron chi connectivity index (χ4n) is 2.66. The molecule has 1 atom stereocenters. The highest BCUT2D eigenvalue weighted by atomic mass is 35.5. The molecule has 0 fully saturated rings. The summed E-state index contributed by atoms with van der Waals surface area (Å²) in [5.74, 6) is 0. The van der Waals surface area contributed by atoms with Crippen LogP contribution in [0.2, 0.25) is 5.02 Å². The van der Waals surface area contributed by atoms with Gasteiger partial charge in [-0.05, 0) is 23.8 Å². The Bertz CT molecular complexity index is 904. The molecule has 1 N–H and O–H groups in total. The van der Waals surface area contributed by atoms with Crippen molar-refractivity contribution in [2.24, 2.45) is 0 Å². The zero-order valence-corrected chi connectivity index (χ0v) is 13.9. The van der Waals surface area contributed by atoms with Crippen LogP contribution in [0, 0.1) is 11.3 Å². The summed E-state index contributed by atoms with van der Waals surface area (Å²) in [6.45, 7) is 0.513. The average Bonchev–Trinajstić information content (AvgIpc) is 2.62. The summed E-state index contributed by atoms with van der Waals surface area (Å²) in [6.07, 6.45) is 1.41. The van der Waals surface area contributed by atoms with E-state index in [1.54, 1.807) is 13.3 Å². The van der Waals surface area contributed by atoms with Crippen LogP contribution in [0.3, 0.4) is 0 Å². The van der Waals surface area contributed by atoms with Gasteiger partial charge >= 0.3 is 0 Å². The van der Waals surface area contributed by atoms with Gasteiger partial charge in [-0.1, -0.05) is 41.9 Å². The van der Waals surface area contributed by atoms with E-state index in [1.807, 2.05) is 48.5 Å². The molecule has 24 heavy (non-hydrogen) atoms. The van der Waals surface area contributed by atoms with Crippen molar-refractivity contribution in [1.29, 1.82) is 5.26 Å². The third-order valence-corrected chi connectivity index (χ3v) is 4.10. The fraction of sp³-hybridized carbons (Fsp3) is 0.158. The maximum atomic E-state index is 9.38. The highest BCUT2D eigenvalue weighted by Gasteiger charge is 2.14. The van der Waals surface area contributed by atoms with Crippen molar-refractivity contribution < 1.29 is 4.74 Å². The molecule has 1 heterocycles. The first-order valence-electron chi connectivity index (χ1n) is 7.53. The molecule has 0 aliphatic rings. The van der Waals surface area contributed by atoms with Gasteiger partial charge < -0.3 is 10.1 Å². The molecule has 1 aromatic heterocycles. The van der Waals surface area contributed by atoms with Crippen molar-refractivity contribution in [1.82, 2.24) is 4.98 Å². The molecular weight excluding hydrogens is 322 g/mol. The van der Waals surface area contributed by atoms with Crippen LogP contribution in [0.15, 0.2) is 54.7 Å². The van der Waals surface area contributed by atoms with E-state index >= 15 is 0 Å². The summed E-state index contributed by atoms with van der Waals surface area (Å²) in [7, 11) is 1.66. The number of rotatable bonds is 5. The van der Waals surface area contributed by atoms with Crippen LogP contribution in [0.4, 0.5) is 5.69 Å². The van der Waals surface area contributed by atoms with Crippen molar-refractivity contribution in [3.63, 3.8) is 0 Å². The van der Waals surface area contributed by atoms with Crippen LogP contribution >= 0.6 is 11.6 Å². The molecule has 2 aromatic carbocycles. The zero-order chi connectivity index (χ0) is 16.9. The van der Waals surface area contributed by atoms with Crippen molar-refractivity contribution in [3.8, 4) is 6.07 Å². The Balaban J connectivity index is 1.91. The van der Waals surface area contributed by atoms with Gasteiger partial charge in [-0.25, -0.2) is 0 Å². The maximum absolute atomic E-state index is 9.38. The van der Waals surface area contributed by atoms with Gasteiger partial charge in [-0.3, -0.25) is 4.98 Å². The molecule has 0 bridgehead atoms. The van der Waals surface area contributed by atoms with Gasteiger partial charge in [0.05, 0.1) is 22.9 Å². The molecule has 1 unspecified atom stereocenters. The molecule has 0 aliphatic heterocycles. The number of nitrogens with zero attached hydrogens (tertiary/aromatic N) is 2. The number of halogens is 1. The lowest BCUT2D eigenvalue weighted by molar-refractivity contribution is 0.114. The number of fused-ring (bicyclic) bond motifs is 1. The first kappa shape index (κ1) is 16.3. The van der Waals surface area contributed by atoms with Gasteiger partial charge in [0.1, 0.15) is 6.07 Å². The van der Waals surface area contributed by atoms with E-state index in [9.17, 15) is 5.26 Å². The molecule has 0 spiro atoms. The minimum atomic E-state index is -0.179. The molecule has 0 saturated carbocycles. The molecule has 5 heteroatoms. The summed E-state index contributed by atoms with van der Waals surface area (Å²) in [4.78, 5) is 4.32. The first-order valence-corrected chi connectivity index (χ1v) is 7.90. The van der Waals surface area contributed by atoms with E-state index < -0.39 is 0 Å². The summed E-state index contributed by atoms with van der Waals surface area (Å²) in [5.41, 5.74) is 3.10. The number of aromatic nitrogens is 1. The second-order valence-corrected chi connectivity index (χ2v) is 5.77. The van der Waals surface area contributed by atoms with E-state index in [-0.39, 0.29) is 6.10 Å². The van der Waals surface area contributed by atoms with Crippen molar-refractivity contribution in [3.05, 3.63) is 70.9 Å². The second kappa shape index (κ2) is 7.31. The number of nitrogens with one attached hydrogen (secondary N) is 1. The second-order valence-electron chi connectivity index (χ2n) is 5.34. The summed E-state index contributed by atoms with van der Waals surface area (Å²) >= 11 is 6.06. The third kappa shape index (κ3) is 3.33.